The van der Waals surface area contributed by atoms with Crippen LogP contribution in [-0.2, 0) is 17.6 Å². The molecule has 0 spiro atoms. The van der Waals surface area contributed by atoms with Gasteiger partial charge in [-0.3, -0.25) is 9.89 Å². The number of fused-ring (bicyclic) bond motifs is 1. The van der Waals surface area contributed by atoms with Crippen LogP contribution in [0.25, 0.3) is 0 Å². The third kappa shape index (κ3) is 2.90. The van der Waals surface area contributed by atoms with E-state index in [2.05, 4.69) is 31.9 Å². The number of carbonyl (C=O) groups is 1. The summed E-state index contributed by atoms with van der Waals surface area (Å²) in [6.07, 6.45) is 6.41. The molecule has 2 heterocycles. The van der Waals surface area contributed by atoms with Crippen molar-refractivity contribution < 1.29 is 4.79 Å². The summed E-state index contributed by atoms with van der Waals surface area (Å²) in [7, 11) is 0. The van der Waals surface area contributed by atoms with Gasteiger partial charge in [0.05, 0.1) is 5.92 Å². The zero-order valence-electron chi connectivity index (χ0n) is 11.3. The molecule has 5 nitrogen and oxygen atoms in total. The van der Waals surface area contributed by atoms with Gasteiger partial charge in [-0.2, -0.15) is 5.10 Å². The van der Waals surface area contributed by atoms with Crippen molar-refractivity contribution in [2.75, 3.05) is 6.54 Å². The average molecular weight is 290 g/mol. The molecule has 106 valence electrons. The molecule has 1 unspecified atom stereocenters. The summed E-state index contributed by atoms with van der Waals surface area (Å²) in [6, 6.07) is 2.11. The summed E-state index contributed by atoms with van der Waals surface area (Å²) in [5.41, 5.74) is 1.24. The Bertz CT molecular complexity index is 564. The van der Waals surface area contributed by atoms with Crippen molar-refractivity contribution in [3.05, 3.63) is 34.0 Å². The van der Waals surface area contributed by atoms with Crippen LogP contribution in [0, 0.1) is 0 Å². The second-order valence-electron chi connectivity index (χ2n) is 5.07. The second kappa shape index (κ2) is 6.17. The number of amides is 1. The van der Waals surface area contributed by atoms with Gasteiger partial charge in [-0.1, -0.05) is 0 Å². The summed E-state index contributed by atoms with van der Waals surface area (Å²) in [6.45, 7) is 0.690. The molecule has 0 aliphatic heterocycles. The maximum Gasteiger partial charge on any atom is 0.227 e. The number of thiophene rings is 1. The van der Waals surface area contributed by atoms with E-state index in [1.54, 1.807) is 11.3 Å². The lowest BCUT2D eigenvalue weighted by Gasteiger charge is -2.21. The van der Waals surface area contributed by atoms with Gasteiger partial charge in [-0.05, 0) is 42.7 Å². The van der Waals surface area contributed by atoms with Gasteiger partial charge in [-0.15, -0.1) is 11.3 Å². The van der Waals surface area contributed by atoms with E-state index in [0.717, 1.165) is 37.9 Å². The lowest BCUT2D eigenvalue weighted by atomic mass is 9.87. The molecule has 20 heavy (non-hydrogen) atoms. The van der Waals surface area contributed by atoms with Crippen molar-refractivity contribution in [3.63, 3.8) is 0 Å². The SMILES string of the molecule is O=C(NCCCc1ncn[nH]1)C1CCCc2sccc21. The highest BCUT2D eigenvalue weighted by Gasteiger charge is 2.26. The van der Waals surface area contributed by atoms with E-state index >= 15 is 0 Å². The van der Waals surface area contributed by atoms with E-state index in [-0.39, 0.29) is 11.8 Å². The number of aromatic nitrogens is 3. The number of H-pyrrole nitrogens is 1. The van der Waals surface area contributed by atoms with Crippen molar-refractivity contribution in [2.24, 2.45) is 0 Å². The monoisotopic (exact) mass is 290 g/mol. The lowest BCUT2D eigenvalue weighted by molar-refractivity contribution is -0.122. The summed E-state index contributed by atoms with van der Waals surface area (Å²) in [4.78, 5) is 17.7. The molecule has 0 bridgehead atoms. The van der Waals surface area contributed by atoms with Crippen molar-refractivity contribution >= 4 is 17.2 Å². The van der Waals surface area contributed by atoms with E-state index in [4.69, 9.17) is 0 Å². The van der Waals surface area contributed by atoms with E-state index in [1.807, 2.05) is 0 Å². The average Bonchev–Trinajstić information content (AvgIpc) is 3.13. The predicted molar refractivity (Wildman–Crippen MR) is 77.7 cm³/mol. The van der Waals surface area contributed by atoms with Crippen molar-refractivity contribution in [1.29, 1.82) is 0 Å². The maximum absolute atomic E-state index is 12.3. The normalized spacial score (nSPS) is 17.7. The number of hydrogen-bond acceptors (Lipinski definition) is 4. The van der Waals surface area contributed by atoms with Gasteiger partial charge in [0.1, 0.15) is 12.2 Å². The van der Waals surface area contributed by atoms with Gasteiger partial charge in [-0.25, -0.2) is 4.98 Å². The molecule has 0 saturated heterocycles. The number of nitrogens with one attached hydrogen (secondary N) is 2. The Kier molecular flexibility index (Phi) is 4.11. The molecule has 1 atom stereocenters. The Morgan fingerprint density at radius 3 is 3.35 bits per heavy atom. The van der Waals surface area contributed by atoms with Crippen LogP contribution >= 0.6 is 11.3 Å². The standard InChI is InChI=1S/C14H18N4OS/c19-14(15-7-2-5-13-16-9-17-18-13)11-3-1-4-12-10(11)6-8-20-12/h6,8-9,11H,1-5,7H2,(H,15,19)(H,16,17,18). The fourth-order valence-corrected chi connectivity index (χ4v) is 3.69. The van der Waals surface area contributed by atoms with Crippen molar-refractivity contribution in [2.45, 2.75) is 38.0 Å². The summed E-state index contributed by atoms with van der Waals surface area (Å²) >= 11 is 1.77. The van der Waals surface area contributed by atoms with E-state index < -0.39 is 0 Å². The Balaban J connectivity index is 1.48. The van der Waals surface area contributed by atoms with Crippen LogP contribution in [0.3, 0.4) is 0 Å². The highest BCUT2D eigenvalue weighted by Crippen LogP contribution is 2.34. The van der Waals surface area contributed by atoms with E-state index in [1.165, 1.54) is 16.8 Å². The number of carbonyl (C=O) groups excluding carboxylic acids is 1. The molecule has 0 saturated carbocycles. The third-order valence-corrected chi connectivity index (χ3v) is 4.72. The first kappa shape index (κ1) is 13.3. The Morgan fingerprint density at radius 1 is 1.55 bits per heavy atom. The minimum Gasteiger partial charge on any atom is -0.356 e. The topological polar surface area (TPSA) is 70.7 Å². The molecule has 2 aromatic rings. The molecule has 0 fully saturated rings. The Labute approximate surface area is 121 Å². The van der Waals surface area contributed by atoms with Crippen molar-refractivity contribution in [3.8, 4) is 0 Å². The minimum atomic E-state index is 0.0512. The smallest absolute Gasteiger partial charge is 0.227 e. The number of nitrogens with zero attached hydrogens (tertiary/aromatic N) is 2. The van der Waals surface area contributed by atoms with Crippen LogP contribution in [0.4, 0.5) is 0 Å². The van der Waals surface area contributed by atoms with E-state index in [9.17, 15) is 4.79 Å². The molecule has 0 aromatic carbocycles. The Morgan fingerprint density at radius 2 is 2.50 bits per heavy atom. The number of rotatable bonds is 5. The molecule has 2 aromatic heterocycles. The molecule has 1 amide bonds. The molecule has 1 aliphatic carbocycles. The van der Waals surface area contributed by atoms with Gasteiger partial charge >= 0.3 is 0 Å². The molecule has 6 heteroatoms. The quantitative estimate of drug-likeness (QED) is 0.828. The van der Waals surface area contributed by atoms with Crippen LogP contribution in [0.5, 0.6) is 0 Å². The first-order valence-corrected chi connectivity index (χ1v) is 7.91. The summed E-state index contributed by atoms with van der Waals surface area (Å²) < 4.78 is 0. The zero-order valence-corrected chi connectivity index (χ0v) is 12.1. The second-order valence-corrected chi connectivity index (χ2v) is 6.07. The van der Waals surface area contributed by atoms with Gasteiger partial charge in [0.25, 0.3) is 0 Å². The largest absolute Gasteiger partial charge is 0.356 e. The number of aryl methyl sites for hydroxylation is 2. The van der Waals surface area contributed by atoms with Crippen LogP contribution < -0.4 is 5.32 Å². The first-order chi connectivity index (χ1) is 9.84. The molecule has 3 rings (SSSR count). The first-order valence-electron chi connectivity index (χ1n) is 7.03. The van der Waals surface area contributed by atoms with Crippen LogP contribution in [-0.4, -0.2) is 27.6 Å². The minimum absolute atomic E-state index is 0.0512. The molecular formula is C14H18N4OS. The van der Waals surface area contributed by atoms with E-state index in [0.29, 0.717) is 6.54 Å². The lowest BCUT2D eigenvalue weighted by Crippen LogP contribution is -2.31. The molecule has 1 aliphatic rings. The van der Waals surface area contributed by atoms with Gasteiger partial charge in [0.2, 0.25) is 5.91 Å². The third-order valence-electron chi connectivity index (χ3n) is 3.72. The summed E-state index contributed by atoms with van der Waals surface area (Å²) in [5.74, 6) is 1.09. The Hall–Kier alpha value is -1.69. The fourth-order valence-electron chi connectivity index (χ4n) is 2.70. The number of hydrogen-bond donors (Lipinski definition) is 2. The number of aromatic amines is 1. The van der Waals surface area contributed by atoms with Gasteiger partial charge in [0, 0.05) is 17.8 Å². The van der Waals surface area contributed by atoms with Crippen LogP contribution in [0.1, 0.15) is 41.4 Å². The molecule has 0 radical (unpaired) electrons. The van der Waals surface area contributed by atoms with Crippen molar-refractivity contribution in [1.82, 2.24) is 20.5 Å². The molecular weight excluding hydrogens is 272 g/mol. The van der Waals surface area contributed by atoms with Gasteiger partial charge < -0.3 is 5.32 Å². The summed E-state index contributed by atoms with van der Waals surface area (Å²) in [5, 5.41) is 11.8. The molecule has 2 N–H and O–H groups in total. The zero-order chi connectivity index (χ0) is 13.8. The highest BCUT2D eigenvalue weighted by molar-refractivity contribution is 7.10. The maximum atomic E-state index is 12.3. The predicted octanol–water partition coefficient (Wildman–Crippen LogP) is 2.04. The van der Waals surface area contributed by atoms with Crippen LogP contribution in [0.2, 0.25) is 0 Å². The fraction of sp³-hybridized carbons (Fsp3) is 0.500. The van der Waals surface area contributed by atoms with Gasteiger partial charge in [0.15, 0.2) is 0 Å². The van der Waals surface area contributed by atoms with Crippen LogP contribution in [0.15, 0.2) is 17.8 Å². The highest BCUT2D eigenvalue weighted by atomic mass is 32.1.